The first-order chi connectivity index (χ1) is 14.7. The van der Waals surface area contributed by atoms with Gasteiger partial charge >= 0.3 is 0 Å². The van der Waals surface area contributed by atoms with E-state index in [4.69, 9.17) is 4.98 Å². The molecule has 2 N–H and O–H groups in total. The predicted octanol–water partition coefficient (Wildman–Crippen LogP) is 2.27. The van der Waals surface area contributed by atoms with E-state index in [1.54, 1.807) is 0 Å². The molecule has 2 aliphatic heterocycles. The average Bonchev–Trinajstić information content (AvgIpc) is 2.73. The first kappa shape index (κ1) is 23.3. The summed E-state index contributed by atoms with van der Waals surface area (Å²) in [5.41, 5.74) is 1.06. The Morgan fingerprint density at radius 3 is 1.77 bits per heavy atom. The molecule has 0 radical (unpaired) electrons. The molecule has 1 aromatic rings. The minimum atomic E-state index is 0.0691. The summed E-state index contributed by atoms with van der Waals surface area (Å²) in [5, 5.41) is 6.06. The molecule has 0 saturated carbocycles. The molecule has 3 heterocycles. The maximum Gasteiger partial charge on any atom is 0.227 e. The van der Waals surface area contributed by atoms with Crippen LogP contribution in [-0.2, 0) is 9.59 Å². The predicted molar refractivity (Wildman–Crippen MR) is 123 cm³/mol. The largest absolute Gasteiger partial charge is 0.356 e. The molecule has 2 aliphatic rings. The Labute approximate surface area is 186 Å². The van der Waals surface area contributed by atoms with Crippen LogP contribution < -0.4 is 20.4 Å². The minimum absolute atomic E-state index is 0.0691. The average molecular weight is 431 g/mol. The quantitative estimate of drug-likeness (QED) is 0.720. The van der Waals surface area contributed by atoms with Gasteiger partial charge in [-0.2, -0.15) is 4.98 Å². The van der Waals surface area contributed by atoms with Gasteiger partial charge in [-0.3, -0.25) is 9.59 Å². The molecule has 2 fully saturated rings. The summed E-state index contributed by atoms with van der Waals surface area (Å²) in [6.07, 6.45) is 5.22. The molecule has 0 bridgehead atoms. The lowest BCUT2D eigenvalue weighted by molar-refractivity contribution is -0.126. The topological polar surface area (TPSA) is 90.5 Å². The number of carbonyl (C=O) groups is 2. The van der Waals surface area contributed by atoms with Crippen molar-refractivity contribution in [3.63, 3.8) is 0 Å². The molecule has 1 aromatic heterocycles. The van der Waals surface area contributed by atoms with Crippen LogP contribution >= 0.6 is 0 Å². The van der Waals surface area contributed by atoms with E-state index in [0.29, 0.717) is 0 Å². The van der Waals surface area contributed by atoms with Crippen molar-refractivity contribution >= 4 is 23.6 Å². The zero-order valence-electron chi connectivity index (χ0n) is 19.6. The van der Waals surface area contributed by atoms with Gasteiger partial charge in [0.05, 0.1) is 0 Å². The van der Waals surface area contributed by atoms with E-state index in [2.05, 4.69) is 25.4 Å². The summed E-state index contributed by atoms with van der Waals surface area (Å²) in [5.74, 6) is 2.18. The van der Waals surface area contributed by atoms with E-state index in [1.165, 1.54) is 0 Å². The normalized spacial score (nSPS) is 18.5. The van der Waals surface area contributed by atoms with Gasteiger partial charge in [0.25, 0.3) is 0 Å². The van der Waals surface area contributed by atoms with E-state index in [1.807, 2.05) is 40.8 Å². The maximum absolute atomic E-state index is 12.3. The van der Waals surface area contributed by atoms with Crippen molar-refractivity contribution in [3.05, 3.63) is 11.8 Å². The van der Waals surface area contributed by atoms with Gasteiger partial charge in [0.2, 0.25) is 17.8 Å². The van der Waals surface area contributed by atoms with Crippen LogP contribution in [0.4, 0.5) is 11.8 Å². The van der Waals surface area contributed by atoms with Crippen molar-refractivity contribution in [1.82, 2.24) is 20.6 Å². The summed E-state index contributed by atoms with van der Waals surface area (Å²) < 4.78 is 0. The highest BCUT2D eigenvalue weighted by Crippen LogP contribution is 2.27. The Kier molecular flexibility index (Phi) is 7.73. The van der Waals surface area contributed by atoms with Gasteiger partial charge in [0.1, 0.15) is 5.82 Å². The van der Waals surface area contributed by atoms with Crippen molar-refractivity contribution in [3.8, 4) is 0 Å². The monoisotopic (exact) mass is 430 g/mol. The van der Waals surface area contributed by atoms with E-state index in [0.717, 1.165) is 69.2 Å². The third-order valence-electron chi connectivity index (χ3n) is 6.11. The van der Waals surface area contributed by atoms with Gasteiger partial charge in [-0.25, -0.2) is 4.98 Å². The smallest absolute Gasteiger partial charge is 0.227 e. The fraction of sp³-hybridized carbons (Fsp3) is 0.739. The first-order valence-corrected chi connectivity index (χ1v) is 11.7. The molecule has 8 nitrogen and oxygen atoms in total. The molecule has 8 heteroatoms. The van der Waals surface area contributed by atoms with Gasteiger partial charge in [-0.05, 0) is 60.3 Å². The molecule has 0 unspecified atom stereocenters. The second-order valence-electron chi connectivity index (χ2n) is 9.53. The van der Waals surface area contributed by atoms with Crippen molar-refractivity contribution in [2.45, 2.75) is 72.4 Å². The molecule has 0 aromatic carbocycles. The molecule has 0 atom stereocenters. The number of anilines is 2. The zero-order valence-corrected chi connectivity index (χ0v) is 19.6. The van der Waals surface area contributed by atoms with Gasteiger partial charge in [-0.1, -0.05) is 0 Å². The molecular formula is C23H38N6O2. The molecule has 172 valence electrons. The molecule has 2 saturated heterocycles. The van der Waals surface area contributed by atoms with Crippen LogP contribution in [0.2, 0.25) is 0 Å². The minimum Gasteiger partial charge on any atom is -0.356 e. The summed E-state index contributed by atoms with van der Waals surface area (Å²) in [6, 6.07) is 0.354. The molecule has 31 heavy (non-hydrogen) atoms. The number of nitrogens with zero attached hydrogens (tertiary/aromatic N) is 4. The second kappa shape index (κ2) is 10.3. The highest BCUT2D eigenvalue weighted by atomic mass is 16.2. The number of piperidine rings is 2. The van der Waals surface area contributed by atoms with Crippen molar-refractivity contribution in [2.75, 3.05) is 36.0 Å². The summed E-state index contributed by atoms with van der Waals surface area (Å²) in [4.78, 5) is 38.6. The first-order valence-electron chi connectivity index (χ1n) is 11.7. The number of aromatic nitrogens is 2. The highest BCUT2D eigenvalue weighted by Gasteiger charge is 2.29. The lowest BCUT2D eigenvalue weighted by atomic mass is 9.95. The van der Waals surface area contributed by atoms with E-state index < -0.39 is 0 Å². The number of amides is 2. The third-order valence-corrected chi connectivity index (χ3v) is 6.11. The second-order valence-corrected chi connectivity index (χ2v) is 9.53. The van der Waals surface area contributed by atoms with E-state index in [9.17, 15) is 9.59 Å². The molecule has 2 amide bonds. The highest BCUT2D eigenvalue weighted by molar-refractivity contribution is 5.79. The number of carbonyl (C=O) groups excluding carboxylic acids is 2. The van der Waals surface area contributed by atoms with Crippen LogP contribution in [0, 0.1) is 18.8 Å². The molecule has 3 rings (SSSR count). The van der Waals surface area contributed by atoms with E-state index >= 15 is 0 Å². The number of hydrogen-bond donors (Lipinski definition) is 2. The van der Waals surface area contributed by atoms with Crippen molar-refractivity contribution in [1.29, 1.82) is 0 Å². The van der Waals surface area contributed by atoms with Gasteiger partial charge in [0.15, 0.2) is 0 Å². The van der Waals surface area contributed by atoms with Crippen LogP contribution in [-0.4, -0.2) is 60.0 Å². The zero-order chi connectivity index (χ0) is 22.5. The Bertz CT molecular complexity index is 765. The lowest BCUT2D eigenvalue weighted by Crippen LogP contribution is -2.44. The SMILES string of the molecule is Cc1cnc(N2CCC(C(=O)NC(C)C)CC2)nc1N1CCC(C(=O)NC(C)C)CC1. The Balaban J connectivity index is 1.59. The number of rotatable bonds is 6. The molecule has 0 aliphatic carbocycles. The lowest BCUT2D eigenvalue weighted by Gasteiger charge is -2.35. The van der Waals surface area contributed by atoms with Crippen LogP contribution in [0.15, 0.2) is 6.20 Å². The maximum atomic E-state index is 12.3. The van der Waals surface area contributed by atoms with Crippen LogP contribution in [0.5, 0.6) is 0 Å². The standard InChI is InChI=1S/C23H38N6O2/c1-15(2)25-21(30)18-6-10-28(11-7-18)20-17(5)14-24-23(27-20)29-12-8-19(9-13-29)22(31)26-16(3)4/h14-16,18-19H,6-13H2,1-5H3,(H,25,30)(H,26,31). The van der Waals surface area contributed by atoms with Crippen molar-refractivity contribution in [2.24, 2.45) is 11.8 Å². The van der Waals surface area contributed by atoms with Gasteiger partial charge in [-0.15, -0.1) is 0 Å². The van der Waals surface area contributed by atoms with E-state index in [-0.39, 0.29) is 35.7 Å². The Morgan fingerprint density at radius 2 is 1.32 bits per heavy atom. The van der Waals surface area contributed by atoms with Gasteiger partial charge in [0, 0.05) is 61.9 Å². The summed E-state index contributed by atoms with van der Waals surface area (Å²) in [6.45, 7) is 13.3. The van der Waals surface area contributed by atoms with Gasteiger partial charge < -0.3 is 20.4 Å². The number of aryl methyl sites for hydroxylation is 1. The number of nitrogens with one attached hydrogen (secondary N) is 2. The van der Waals surface area contributed by atoms with Crippen LogP contribution in [0.25, 0.3) is 0 Å². The Hall–Kier alpha value is -2.38. The molecular weight excluding hydrogens is 392 g/mol. The summed E-state index contributed by atoms with van der Waals surface area (Å²) in [7, 11) is 0. The fourth-order valence-corrected chi connectivity index (χ4v) is 4.40. The number of hydrogen-bond acceptors (Lipinski definition) is 6. The van der Waals surface area contributed by atoms with Crippen LogP contribution in [0.3, 0.4) is 0 Å². The van der Waals surface area contributed by atoms with Crippen molar-refractivity contribution < 1.29 is 9.59 Å². The van der Waals surface area contributed by atoms with Crippen LogP contribution in [0.1, 0.15) is 58.9 Å². The third kappa shape index (κ3) is 6.08. The molecule has 0 spiro atoms. The summed E-state index contributed by atoms with van der Waals surface area (Å²) >= 11 is 0. The fourth-order valence-electron chi connectivity index (χ4n) is 4.40. The Morgan fingerprint density at radius 1 is 0.871 bits per heavy atom.